The molecule has 25 heavy (non-hydrogen) atoms. The van der Waals surface area contributed by atoms with Gasteiger partial charge in [0.05, 0.1) is 7.11 Å². The van der Waals surface area contributed by atoms with Crippen LogP contribution < -0.4 is 4.74 Å². The number of aryl methyl sites for hydroxylation is 4. The molecule has 0 aliphatic rings. The van der Waals surface area contributed by atoms with Gasteiger partial charge in [0.25, 0.3) is 0 Å². The van der Waals surface area contributed by atoms with Gasteiger partial charge >= 0.3 is 11.9 Å². The SMILES string of the molecule is COC(=O)CC(=O)Oc1c(C)cc(-c2cc(C)c(C)c(C)c2)cc1C. The molecule has 0 amide bonds. The lowest BCUT2D eigenvalue weighted by atomic mass is 9.94. The zero-order valence-corrected chi connectivity index (χ0v) is 15.6. The van der Waals surface area contributed by atoms with Crippen molar-refractivity contribution in [1.29, 1.82) is 0 Å². The normalized spacial score (nSPS) is 10.5. The van der Waals surface area contributed by atoms with Crippen LogP contribution in [-0.4, -0.2) is 19.0 Å². The van der Waals surface area contributed by atoms with Crippen LogP contribution in [0.3, 0.4) is 0 Å². The lowest BCUT2D eigenvalue weighted by Crippen LogP contribution is -2.15. The summed E-state index contributed by atoms with van der Waals surface area (Å²) in [5.74, 6) is -0.728. The predicted octanol–water partition coefficient (Wildman–Crippen LogP) is 4.36. The zero-order valence-electron chi connectivity index (χ0n) is 15.6. The minimum Gasteiger partial charge on any atom is -0.469 e. The molecule has 0 bridgehead atoms. The van der Waals surface area contributed by atoms with Gasteiger partial charge in [0.2, 0.25) is 0 Å². The van der Waals surface area contributed by atoms with Gasteiger partial charge in [0.1, 0.15) is 12.2 Å². The van der Waals surface area contributed by atoms with Crippen molar-refractivity contribution in [2.24, 2.45) is 0 Å². The Bertz CT molecular complexity index is 788. The molecule has 2 aromatic rings. The second-order valence-electron chi connectivity index (χ2n) is 6.40. The van der Waals surface area contributed by atoms with Crippen LogP contribution in [-0.2, 0) is 14.3 Å². The summed E-state index contributed by atoms with van der Waals surface area (Å²) in [4.78, 5) is 23.0. The maximum Gasteiger partial charge on any atom is 0.322 e. The number of hydrogen-bond donors (Lipinski definition) is 0. The highest BCUT2D eigenvalue weighted by molar-refractivity contribution is 5.92. The van der Waals surface area contributed by atoms with E-state index in [1.165, 1.54) is 23.8 Å². The fourth-order valence-electron chi connectivity index (χ4n) is 2.82. The summed E-state index contributed by atoms with van der Waals surface area (Å²) in [6, 6.07) is 8.33. The van der Waals surface area contributed by atoms with Crippen molar-refractivity contribution in [3.05, 3.63) is 52.1 Å². The van der Waals surface area contributed by atoms with Crippen molar-refractivity contribution in [2.45, 2.75) is 41.0 Å². The molecule has 2 rings (SSSR count). The third-order valence-corrected chi connectivity index (χ3v) is 4.45. The lowest BCUT2D eigenvalue weighted by Gasteiger charge is -2.14. The van der Waals surface area contributed by atoms with Gasteiger partial charge in [-0.2, -0.15) is 0 Å². The Kier molecular flexibility index (Phi) is 5.62. The Labute approximate surface area is 148 Å². The van der Waals surface area contributed by atoms with Crippen molar-refractivity contribution in [2.75, 3.05) is 7.11 Å². The maximum atomic E-state index is 11.8. The molecule has 0 aliphatic carbocycles. The van der Waals surface area contributed by atoms with Crippen molar-refractivity contribution >= 4 is 11.9 Å². The molecular formula is C21H24O4. The molecule has 4 heteroatoms. The van der Waals surface area contributed by atoms with Gasteiger partial charge in [-0.25, -0.2) is 0 Å². The second kappa shape index (κ2) is 7.51. The zero-order chi connectivity index (χ0) is 18.7. The largest absolute Gasteiger partial charge is 0.469 e. The summed E-state index contributed by atoms with van der Waals surface area (Å²) in [5.41, 5.74) is 7.71. The van der Waals surface area contributed by atoms with E-state index in [-0.39, 0.29) is 0 Å². The topological polar surface area (TPSA) is 52.6 Å². The summed E-state index contributed by atoms with van der Waals surface area (Å²) in [6.07, 6.45) is -0.395. The molecule has 4 nitrogen and oxygen atoms in total. The number of benzene rings is 2. The number of rotatable bonds is 4. The van der Waals surface area contributed by atoms with E-state index in [2.05, 4.69) is 37.6 Å². The summed E-state index contributed by atoms with van der Waals surface area (Å²) in [5, 5.41) is 0. The molecule has 0 radical (unpaired) electrons. The first-order valence-electron chi connectivity index (χ1n) is 8.20. The van der Waals surface area contributed by atoms with E-state index in [9.17, 15) is 9.59 Å². The van der Waals surface area contributed by atoms with Gasteiger partial charge in [-0.15, -0.1) is 0 Å². The number of hydrogen-bond acceptors (Lipinski definition) is 4. The molecular weight excluding hydrogens is 316 g/mol. The second-order valence-corrected chi connectivity index (χ2v) is 6.40. The summed E-state index contributed by atoms with van der Waals surface area (Å²) >= 11 is 0. The van der Waals surface area contributed by atoms with Gasteiger partial charge < -0.3 is 9.47 Å². The van der Waals surface area contributed by atoms with E-state index >= 15 is 0 Å². The predicted molar refractivity (Wildman–Crippen MR) is 97.8 cm³/mol. The molecule has 0 heterocycles. The average molecular weight is 340 g/mol. The van der Waals surface area contributed by atoms with Crippen molar-refractivity contribution in [1.82, 2.24) is 0 Å². The van der Waals surface area contributed by atoms with Crippen molar-refractivity contribution < 1.29 is 19.1 Å². The molecule has 0 N–H and O–H groups in total. The first-order valence-corrected chi connectivity index (χ1v) is 8.20. The van der Waals surface area contributed by atoms with E-state index in [0.717, 1.165) is 22.3 Å². The quantitative estimate of drug-likeness (QED) is 0.471. The fraction of sp³-hybridized carbons (Fsp3) is 0.333. The molecule has 0 unspecified atom stereocenters. The molecule has 0 saturated heterocycles. The number of esters is 2. The minimum absolute atomic E-state index is 0.395. The minimum atomic E-state index is -0.618. The Hall–Kier alpha value is -2.62. The van der Waals surface area contributed by atoms with Gasteiger partial charge in [-0.3, -0.25) is 9.59 Å². The third kappa shape index (κ3) is 4.27. The first kappa shape index (κ1) is 18.7. The summed E-state index contributed by atoms with van der Waals surface area (Å²) in [6.45, 7) is 10.1. The molecule has 0 atom stereocenters. The van der Waals surface area contributed by atoms with E-state index in [0.29, 0.717) is 5.75 Å². The molecule has 2 aromatic carbocycles. The molecule has 0 fully saturated rings. The Balaban J connectivity index is 2.34. The Morgan fingerprint density at radius 1 is 0.760 bits per heavy atom. The van der Waals surface area contributed by atoms with E-state index in [1.54, 1.807) is 0 Å². The molecule has 0 aromatic heterocycles. The van der Waals surface area contributed by atoms with Gasteiger partial charge in [0, 0.05) is 0 Å². The van der Waals surface area contributed by atoms with Crippen LogP contribution in [0.15, 0.2) is 24.3 Å². The maximum absolute atomic E-state index is 11.8. The highest BCUT2D eigenvalue weighted by Crippen LogP contribution is 2.32. The number of carbonyl (C=O) groups excluding carboxylic acids is 2. The number of methoxy groups -OCH3 is 1. The van der Waals surface area contributed by atoms with Crippen LogP contribution in [0.25, 0.3) is 11.1 Å². The van der Waals surface area contributed by atoms with E-state index in [1.807, 2.05) is 26.0 Å². The lowest BCUT2D eigenvalue weighted by molar-refractivity contribution is -0.148. The fourth-order valence-corrected chi connectivity index (χ4v) is 2.82. The smallest absolute Gasteiger partial charge is 0.322 e. The Morgan fingerprint density at radius 3 is 1.64 bits per heavy atom. The Morgan fingerprint density at radius 2 is 1.20 bits per heavy atom. The van der Waals surface area contributed by atoms with Crippen molar-refractivity contribution in [3.63, 3.8) is 0 Å². The van der Waals surface area contributed by atoms with Crippen LogP contribution in [0.5, 0.6) is 5.75 Å². The monoisotopic (exact) mass is 340 g/mol. The molecule has 0 spiro atoms. The van der Waals surface area contributed by atoms with Crippen LogP contribution in [0.2, 0.25) is 0 Å². The van der Waals surface area contributed by atoms with Crippen LogP contribution in [0.1, 0.15) is 34.2 Å². The van der Waals surface area contributed by atoms with Gasteiger partial charge in [-0.1, -0.05) is 12.1 Å². The standard InChI is InChI=1S/C21H24O4/c1-12-7-17(8-13(2)16(12)5)18-9-14(3)21(15(4)10-18)25-20(23)11-19(22)24-6/h7-10H,11H2,1-6H3. The average Bonchev–Trinajstić information content (AvgIpc) is 2.55. The van der Waals surface area contributed by atoms with Crippen LogP contribution >= 0.6 is 0 Å². The first-order chi connectivity index (χ1) is 11.7. The van der Waals surface area contributed by atoms with E-state index < -0.39 is 18.4 Å². The third-order valence-electron chi connectivity index (χ3n) is 4.45. The van der Waals surface area contributed by atoms with Gasteiger partial charge in [-0.05, 0) is 85.7 Å². The van der Waals surface area contributed by atoms with Gasteiger partial charge in [0.15, 0.2) is 0 Å². The number of ether oxygens (including phenoxy) is 2. The summed E-state index contributed by atoms with van der Waals surface area (Å²) in [7, 11) is 1.24. The summed E-state index contributed by atoms with van der Waals surface area (Å²) < 4.78 is 9.85. The van der Waals surface area contributed by atoms with Crippen molar-refractivity contribution in [3.8, 4) is 16.9 Å². The van der Waals surface area contributed by atoms with E-state index in [4.69, 9.17) is 4.74 Å². The van der Waals surface area contributed by atoms with Crippen LogP contribution in [0, 0.1) is 34.6 Å². The van der Waals surface area contributed by atoms with Crippen LogP contribution in [0.4, 0.5) is 0 Å². The molecule has 132 valence electrons. The highest BCUT2D eigenvalue weighted by atomic mass is 16.5. The number of carbonyl (C=O) groups is 2. The molecule has 0 saturated carbocycles. The molecule has 0 aliphatic heterocycles. The highest BCUT2D eigenvalue weighted by Gasteiger charge is 2.16.